The van der Waals surface area contributed by atoms with E-state index in [-0.39, 0.29) is 18.1 Å². The SMILES string of the molecule is CCN=C1N[C@H]2[C@H](O)[C@@H](O)[C@@H](CO)O[C@@H]2S1. The maximum absolute atomic E-state index is 9.86. The quantitative estimate of drug-likeness (QED) is 0.475. The predicted octanol–water partition coefficient (Wildman–Crippen LogP) is -1.49. The summed E-state index contributed by atoms with van der Waals surface area (Å²) in [5.41, 5.74) is -0.305. The highest BCUT2D eigenvalue weighted by Gasteiger charge is 2.48. The summed E-state index contributed by atoms with van der Waals surface area (Å²) in [4.78, 5) is 4.19. The molecule has 2 heterocycles. The number of hydrogen-bond donors (Lipinski definition) is 4. The third kappa shape index (κ3) is 2.05. The molecule has 6 nitrogen and oxygen atoms in total. The van der Waals surface area contributed by atoms with Crippen LogP contribution < -0.4 is 5.32 Å². The second-order valence-electron chi connectivity index (χ2n) is 3.77. The maximum atomic E-state index is 9.86. The average molecular weight is 248 g/mol. The lowest BCUT2D eigenvalue weighted by Gasteiger charge is -2.38. The molecular weight excluding hydrogens is 232 g/mol. The van der Waals surface area contributed by atoms with Crippen molar-refractivity contribution in [3.8, 4) is 0 Å². The molecule has 0 aromatic carbocycles. The molecule has 0 aromatic heterocycles. The molecule has 0 spiro atoms. The summed E-state index contributed by atoms with van der Waals surface area (Å²) in [6.45, 7) is 2.26. The first-order chi connectivity index (χ1) is 7.67. The van der Waals surface area contributed by atoms with Gasteiger partial charge in [-0.15, -0.1) is 0 Å². The Balaban J connectivity index is 2.10. The van der Waals surface area contributed by atoms with Gasteiger partial charge >= 0.3 is 0 Å². The summed E-state index contributed by atoms with van der Waals surface area (Å²) in [5.74, 6) is 0. The number of aliphatic imine (C=N–C) groups is 1. The van der Waals surface area contributed by atoms with Gasteiger partial charge in [-0.3, -0.25) is 4.99 Å². The highest BCUT2D eigenvalue weighted by Crippen LogP contribution is 2.33. The van der Waals surface area contributed by atoms with Gasteiger partial charge in [0, 0.05) is 6.54 Å². The van der Waals surface area contributed by atoms with Crippen LogP contribution in [-0.4, -0.2) is 63.4 Å². The van der Waals surface area contributed by atoms with Gasteiger partial charge in [0.05, 0.1) is 12.6 Å². The summed E-state index contributed by atoms with van der Waals surface area (Å²) >= 11 is 1.38. The van der Waals surface area contributed by atoms with Crippen LogP contribution in [0.2, 0.25) is 0 Å². The molecule has 92 valence electrons. The Morgan fingerprint density at radius 2 is 2.19 bits per heavy atom. The summed E-state index contributed by atoms with van der Waals surface area (Å²) in [6.07, 6.45) is -2.75. The molecule has 2 rings (SSSR count). The normalized spacial score (nSPS) is 45.5. The van der Waals surface area contributed by atoms with E-state index in [1.165, 1.54) is 11.8 Å². The van der Waals surface area contributed by atoms with Crippen LogP contribution in [0.15, 0.2) is 4.99 Å². The van der Waals surface area contributed by atoms with Crippen molar-refractivity contribution in [3.63, 3.8) is 0 Å². The predicted molar refractivity (Wildman–Crippen MR) is 60.3 cm³/mol. The van der Waals surface area contributed by atoms with Crippen LogP contribution in [0.4, 0.5) is 0 Å². The Bertz CT molecular complexity index is 289. The van der Waals surface area contributed by atoms with Crippen LogP contribution in [0.25, 0.3) is 0 Å². The summed E-state index contributed by atoms with van der Waals surface area (Å²) < 4.78 is 5.48. The Hall–Kier alpha value is -0.340. The zero-order valence-electron chi connectivity index (χ0n) is 8.91. The van der Waals surface area contributed by atoms with Crippen molar-refractivity contribution in [1.29, 1.82) is 0 Å². The number of nitrogens with one attached hydrogen (secondary N) is 1. The fraction of sp³-hybridized carbons (Fsp3) is 0.889. The van der Waals surface area contributed by atoms with E-state index >= 15 is 0 Å². The van der Waals surface area contributed by atoms with Crippen LogP contribution in [0.5, 0.6) is 0 Å². The summed E-state index contributed by atoms with van der Waals surface area (Å²) in [6, 6.07) is -0.368. The number of aliphatic hydroxyl groups is 3. The van der Waals surface area contributed by atoms with E-state index in [4.69, 9.17) is 9.84 Å². The Morgan fingerprint density at radius 1 is 1.44 bits per heavy atom. The van der Waals surface area contributed by atoms with Gasteiger partial charge in [-0.05, 0) is 6.92 Å². The van der Waals surface area contributed by atoms with E-state index in [2.05, 4.69) is 10.3 Å². The van der Waals surface area contributed by atoms with Crippen LogP contribution in [-0.2, 0) is 4.74 Å². The van der Waals surface area contributed by atoms with Gasteiger partial charge in [0.2, 0.25) is 0 Å². The van der Waals surface area contributed by atoms with Crippen molar-refractivity contribution in [2.24, 2.45) is 4.99 Å². The molecule has 2 aliphatic heterocycles. The molecule has 0 amide bonds. The third-order valence-electron chi connectivity index (χ3n) is 2.70. The van der Waals surface area contributed by atoms with Gasteiger partial charge in [-0.1, -0.05) is 11.8 Å². The first-order valence-electron chi connectivity index (χ1n) is 5.27. The number of fused-ring (bicyclic) bond motifs is 1. The molecule has 0 saturated carbocycles. The lowest BCUT2D eigenvalue weighted by molar-refractivity contribution is -0.167. The van der Waals surface area contributed by atoms with Gasteiger partial charge in [0.15, 0.2) is 5.17 Å². The van der Waals surface area contributed by atoms with E-state index in [1.54, 1.807) is 0 Å². The molecule has 16 heavy (non-hydrogen) atoms. The van der Waals surface area contributed by atoms with Crippen molar-refractivity contribution in [2.75, 3.05) is 13.2 Å². The smallest absolute Gasteiger partial charge is 0.159 e. The number of aliphatic hydroxyl groups excluding tert-OH is 3. The first-order valence-corrected chi connectivity index (χ1v) is 6.15. The van der Waals surface area contributed by atoms with E-state index in [0.29, 0.717) is 11.7 Å². The van der Waals surface area contributed by atoms with Crippen LogP contribution in [0.1, 0.15) is 6.92 Å². The average Bonchev–Trinajstić information content (AvgIpc) is 2.67. The minimum Gasteiger partial charge on any atom is -0.394 e. The number of nitrogens with zero attached hydrogens (tertiary/aromatic N) is 1. The standard InChI is InChI=1S/C9H16N2O4S/c1-2-10-9-11-5-7(14)6(13)4(3-12)15-8(5)16-9/h4-8,12-14H,2-3H2,1H3,(H,10,11)/t4-,5+,6+,7+,8-/m1/s1. The van der Waals surface area contributed by atoms with Crippen molar-refractivity contribution < 1.29 is 20.1 Å². The molecule has 4 N–H and O–H groups in total. The van der Waals surface area contributed by atoms with Crippen LogP contribution in [0, 0.1) is 0 Å². The molecule has 0 unspecified atom stereocenters. The molecule has 0 aromatic rings. The highest BCUT2D eigenvalue weighted by molar-refractivity contribution is 8.14. The summed E-state index contributed by atoms with van der Waals surface area (Å²) in [5, 5.41) is 32.3. The van der Waals surface area contributed by atoms with Crippen molar-refractivity contribution >= 4 is 16.9 Å². The molecular formula is C9H16N2O4S. The number of hydrogen-bond acceptors (Lipinski definition) is 6. The molecule has 2 fully saturated rings. The van der Waals surface area contributed by atoms with Crippen molar-refractivity contribution in [1.82, 2.24) is 5.32 Å². The minimum atomic E-state index is -1.07. The summed E-state index contributed by atoms with van der Waals surface area (Å²) in [7, 11) is 0. The van der Waals surface area contributed by atoms with E-state index in [0.717, 1.165) is 0 Å². The van der Waals surface area contributed by atoms with E-state index in [9.17, 15) is 10.2 Å². The second-order valence-corrected chi connectivity index (χ2v) is 4.86. The number of rotatable bonds is 2. The zero-order chi connectivity index (χ0) is 11.7. The Kier molecular flexibility index (Phi) is 3.70. The fourth-order valence-corrected chi connectivity index (χ4v) is 3.05. The second kappa shape index (κ2) is 4.89. The number of ether oxygens (including phenoxy) is 1. The van der Waals surface area contributed by atoms with Gasteiger partial charge < -0.3 is 25.4 Å². The van der Waals surface area contributed by atoms with Gasteiger partial charge in [-0.25, -0.2) is 0 Å². The van der Waals surface area contributed by atoms with Crippen LogP contribution >= 0.6 is 11.8 Å². The van der Waals surface area contributed by atoms with Gasteiger partial charge in [0.1, 0.15) is 23.7 Å². The molecule has 2 aliphatic rings. The first kappa shape index (κ1) is 12.1. The topological polar surface area (TPSA) is 94.3 Å². The fourth-order valence-electron chi connectivity index (χ4n) is 1.85. The van der Waals surface area contributed by atoms with Crippen LogP contribution in [0.3, 0.4) is 0 Å². The molecule has 0 radical (unpaired) electrons. The molecule has 2 saturated heterocycles. The highest BCUT2D eigenvalue weighted by atomic mass is 32.2. The molecule has 0 bridgehead atoms. The largest absolute Gasteiger partial charge is 0.394 e. The third-order valence-corrected chi connectivity index (χ3v) is 3.81. The molecule has 7 heteroatoms. The number of amidine groups is 1. The molecule has 0 aliphatic carbocycles. The lowest BCUT2D eigenvalue weighted by Crippen LogP contribution is -2.59. The Morgan fingerprint density at radius 3 is 2.81 bits per heavy atom. The van der Waals surface area contributed by atoms with E-state index < -0.39 is 18.3 Å². The van der Waals surface area contributed by atoms with Crippen molar-refractivity contribution in [2.45, 2.75) is 36.7 Å². The lowest BCUT2D eigenvalue weighted by atomic mass is 9.98. The maximum Gasteiger partial charge on any atom is 0.159 e. The van der Waals surface area contributed by atoms with Gasteiger partial charge in [-0.2, -0.15) is 0 Å². The minimum absolute atomic E-state index is 0.303. The monoisotopic (exact) mass is 248 g/mol. The van der Waals surface area contributed by atoms with E-state index in [1.807, 2.05) is 6.92 Å². The Labute approximate surface area is 97.7 Å². The molecule has 5 atom stereocenters. The van der Waals surface area contributed by atoms with Crippen molar-refractivity contribution in [3.05, 3.63) is 0 Å². The van der Waals surface area contributed by atoms with Gasteiger partial charge in [0.25, 0.3) is 0 Å². The number of thioether (sulfide) groups is 1. The zero-order valence-corrected chi connectivity index (χ0v) is 9.72.